The number of anilines is 1. The zero-order valence-corrected chi connectivity index (χ0v) is 23.7. The standard InChI is InChI=1S/C22H24BN7O11P2/c23-42(33)36-5-12-18(16(32)21(38-12)29-8-27-10-3-1-2-4-11(10)29)41-43(34,35)37-6-13-17(40-42)15(31)22(39-13)30-9-28-14-19(24)25-7-26-20(14)30/h1-4,7-9,12-13,15-18,21-22,31-32H,5-6H2,(H,34,35)(H2,24,25,26)/t12-,13-,15+,16+,17?,18?,21-,22-,42?/m1/s1. The lowest BCUT2D eigenvalue weighted by atomic mass is 10.1. The summed E-state index contributed by atoms with van der Waals surface area (Å²) in [6, 6.07) is 7.05. The first-order valence-electron chi connectivity index (χ1n) is 12.9. The fraction of sp³-hybridized carbons (Fsp3) is 0.455. The molecule has 21 heteroatoms. The smallest absolute Gasteiger partial charge is 0.386 e. The second-order valence-corrected chi connectivity index (χ2v) is 13.0. The van der Waals surface area contributed by atoms with Gasteiger partial charge in [0.1, 0.15) is 48.5 Å². The molecule has 5 N–H and O–H groups in total. The zero-order valence-electron chi connectivity index (χ0n) is 21.9. The Labute approximate surface area is 243 Å². The number of phosphoric acid groups is 1. The van der Waals surface area contributed by atoms with Crippen molar-refractivity contribution in [3.05, 3.63) is 43.2 Å². The van der Waals surface area contributed by atoms with E-state index in [0.29, 0.717) is 11.0 Å². The predicted molar refractivity (Wildman–Crippen MR) is 144 cm³/mol. The number of phosphoric ester groups is 1. The van der Waals surface area contributed by atoms with Gasteiger partial charge in [-0.15, -0.1) is 0 Å². The number of nitrogens with two attached hydrogens (primary N) is 1. The Bertz CT molecular complexity index is 1780. The molecule has 0 spiro atoms. The number of aliphatic hydroxyl groups is 2. The van der Waals surface area contributed by atoms with Crippen LogP contribution in [0.25, 0.3) is 22.2 Å². The first-order chi connectivity index (χ1) is 20.5. The summed E-state index contributed by atoms with van der Waals surface area (Å²) >= 11 is 0. The molecule has 3 aromatic heterocycles. The van der Waals surface area contributed by atoms with Gasteiger partial charge in [-0.2, -0.15) is 0 Å². The first kappa shape index (κ1) is 28.9. The zero-order chi connectivity index (χ0) is 30.1. The Morgan fingerprint density at radius 2 is 1.53 bits per heavy atom. The number of aromatic nitrogens is 6. The van der Waals surface area contributed by atoms with Gasteiger partial charge in [0, 0.05) is 0 Å². The van der Waals surface area contributed by atoms with Crippen LogP contribution in [-0.4, -0.2) is 102 Å². The number of nitrogen functional groups attached to an aromatic ring is 1. The Balaban J connectivity index is 1.16. The fourth-order valence-corrected chi connectivity index (χ4v) is 7.37. The van der Waals surface area contributed by atoms with Crippen molar-refractivity contribution in [1.82, 2.24) is 29.1 Å². The summed E-state index contributed by atoms with van der Waals surface area (Å²) in [6.07, 6.45) is -7.13. The van der Waals surface area contributed by atoms with Gasteiger partial charge in [-0.25, -0.2) is 24.5 Å². The second-order valence-electron chi connectivity index (χ2n) is 10.1. The monoisotopic (exact) mass is 635 g/mol. The number of imidazole rings is 2. The topological polar surface area (TPSA) is 238 Å². The van der Waals surface area contributed by atoms with E-state index < -0.39 is 77.6 Å². The second kappa shape index (κ2) is 10.7. The molecule has 3 aliphatic heterocycles. The molecule has 6 heterocycles. The van der Waals surface area contributed by atoms with Crippen LogP contribution in [0.15, 0.2) is 43.2 Å². The van der Waals surface area contributed by atoms with Crippen LogP contribution in [0.2, 0.25) is 0 Å². The molecular formula is C22H24BN7O11P2. The van der Waals surface area contributed by atoms with Crippen LogP contribution >= 0.6 is 15.3 Å². The highest BCUT2D eigenvalue weighted by atomic mass is 31.2. The van der Waals surface area contributed by atoms with Crippen LogP contribution in [0.3, 0.4) is 0 Å². The van der Waals surface area contributed by atoms with Crippen LogP contribution in [0.4, 0.5) is 5.82 Å². The molecule has 0 amide bonds. The van der Waals surface area contributed by atoms with E-state index >= 15 is 0 Å². The van der Waals surface area contributed by atoms with Crippen LogP contribution in [-0.2, 0) is 36.7 Å². The lowest BCUT2D eigenvalue weighted by Crippen LogP contribution is -2.39. The molecule has 0 aliphatic carbocycles. The van der Waals surface area contributed by atoms with Crippen molar-refractivity contribution in [1.29, 1.82) is 0 Å². The van der Waals surface area contributed by atoms with E-state index in [4.69, 9.17) is 40.9 Å². The molecular weight excluding hydrogens is 611 g/mol. The summed E-state index contributed by atoms with van der Waals surface area (Å²) in [5.74, 6) is 0.0824. The highest BCUT2D eigenvalue weighted by Crippen LogP contribution is 2.53. The van der Waals surface area contributed by atoms with Gasteiger partial charge in [-0.1, -0.05) is 12.1 Å². The molecule has 43 heavy (non-hydrogen) atoms. The molecule has 3 saturated heterocycles. The summed E-state index contributed by atoms with van der Waals surface area (Å²) in [5, 5.41) is 22.3. The van der Waals surface area contributed by atoms with Crippen molar-refractivity contribution in [2.45, 2.75) is 49.1 Å². The molecule has 2 radical (unpaired) electrons. The largest absolute Gasteiger partial charge is 0.472 e. The van der Waals surface area contributed by atoms with E-state index in [2.05, 4.69) is 19.9 Å². The minimum Gasteiger partial charge on any atom is -0.386 e. The van der Waals surface area contributed by atoms with Crippen molar-refractivity contribution < 1.29 is 51.8 Å². The Morgan fingerprint density at radius 3 is 2.30 bits per heavy atom. The van der Waals surface area contributed by atoms with E-state index in [1.165, 1.54) is 28.1 Å². The van der Waals surface area contributed by atoms with Gasteiger partial charge in [-0.3, -0.25) is 18.2 Å². The SMILES string of the molecule is [B]P1(=O)OC[C@H]2O[C@@H](n3cnc4ccccc43)[C@@H](O)C2OP(=O)(O)OC[C@H]2O[C@@H](n3cnc4c(N)ncnc43)[C@@H](O)C2O1. The molecule has 4 aromatic rings. The van der Waals surface area contributed by atoms with Crippen LogP contribution in [0.1, 0.15) is 12.5 Å². The lowest BCUT2D eigenvalue weighted by Gasteiger charge is -2.29. The van der Waals surface area contributed by atoms with Crippen molar-refractivity contribution in [2.24, 2.45) is 0 Å². The van der Waals surface area contributed by atoms with Crippen molar-refractivity contribution in [3.8, 4) is 0 Å². The van der Waals surface area contributed by atoms with E-state index in [0.717, 1.165) is 0 Å². The average Bonchev–Trinajstić information content (AvgIpc) is 3.72. The maximum atomic E-state index is 13.3. The third kappa shape index (κ3) is 5.20. The molecule has 226 valence electrons. The van der Waals surface area contributed by atoms with Crippen molar-refractivity contribution in [2.75, 3.05) is 18.9 Å². The summed E-state index contributed by atoms with van der Waals surface area (Å²) < 4.78 is 62.5. The van der Waals surface area contributed by atoms with E-state index in [1.54, 1.807) is 24.3 Å². The van der Waals surface area contributed by atoms with Gasteiger partial charge in [0.25, 0.3) is 7.47 Å². The third-order valence-corrected chi connectivity index (χ3v) is 9.41. The van der Waals surface area contributed by atoms with E-state index in [-0.39, 0.29) is 17.0 Å². The number of hydrogen-bond acceptors (Lipinski definition) is 15. The Kier molecular flexibility index (Phi) is 7.19. The summed E-state index contributed by atoms with van der Waals surface area (Å²) in [5.41, 5.74) is 7.50. The summed E-state index contributed by atoms with van der Waals surface area (Å²) in [4.78, 5) is 27.0. The number of benzene rings is 1. The van der Waals surface area contributed by atoms with Gasteiger partial charge in [0.15, 0.2) is 23.9 Å². The molecule has 4 unspecified atom stereocenters. The van der Waals surface area contributed by atoms with Gasteiger partial charge in [0.05, 0.1) is 36.9 Å². The van der Waals surface area contributed by atoms with Crippen LogP contribution in [0, 0.1) is 0 Å². The average molecular weight is 635 g/mol. The summed E-state index contributed by atoms with van der Waals surface area (Å²) in [7, 11) is -3.48. The summed E-state index contributed by atoms with van der Waals surface area (Å²) in [6.45, 7) is -1.29. The van der Waals surface area contributed by atoms with Crippen molar-refractivity contribution in [3.63, 3.8) is 0 Å². The van der Waals surface area contributed by atoms with Gasteiger partial charge < -0.3 is 43.9 Å². The number of para-hydroxylation sites is 2. The Morgan fingerprint density at radius 1 is 0.884 bits per heavy atom. The highest BCUT2D eigenvalue weighted by Gasteiger charge is 2.53. The third-order valence-electron chi connectivity index (χ3n) is 7.38. The van der Waals surface area contributed by atoms with Crippen molar-refractivity contribution >= 4 is 50.9 Å². The number of fused-ring (bicyclic) bond motifs is 4. The highest BCUT2D eigenvalue weighted by molar-refractivity contribution is 7.79. The quantitative estimate of drug-likeness (QED) is 0.170. The molecule has 10 atom stereocenters. The fourth-order valence-electron chi connectivity index (χ4n) is 5.39. The van der Waals surface area contributed by atoms with Crippen LogP contribution < -0.4 is 5.73 Å². The number of nitrogens with zero attached hydrogens (tertiary/aromatic N) is 6. The first-order valence-corrected chi connectivity index (χ1v) is 16.0. The van der Waals surface area contributed by atoms with Crippen LogP contribution in [0.5, 0.6) is 0 Å². The molecule has 18 nitrogen and oxygen atoms in total. The number of ether oxygens (including phenoxy) is 2. The maximum Gasteiger partial charge on any atom is 0.472 e. The minimum absolute atomic E-state index is 0.0824. The number of rotatable bonds is 2. The van der Waals surface area contributed by atoms with Gasteiger partial charge in [0.2, 0.25) is 7.57 Å². The Hall–Kier alpha value is -2.80. The maximum absolute atomic E-state index is 13.3. The molecule has 3 aliphatic rings. The molecule has 0 bridgehead atoms. The van der Waals surface area contributed by atoms with E-state index in [1.807, 2.05) is 0 Å². The minimum atomic E-state index is -4.92. The number of hydrogen-bond donors (Lipinski definition) is 4. The van der Waals surface area contributed by atoms with Gasteiger partial charge >= 0.3 is 7.82 Å². The number of aliphatic hydroxyl groups excluding tert-OH is 2. The molecule has 1 aromatic carbocycles. The molecule has 3 fully saturated rings. The van der Waals surface area contributed by atoms with Gasteiger partial charge in [-0.05, 0) is 12.1 Å². The molecule has 7 rings (SSSR count). The predicted octanol–water partition coefficient (Wildman–Crippen LogP) is 0.169. The van der Waals surface area contributed by atoms with E-state index in [9.17, 15) is 24.2 Å². The molecule has 0 saturated carbocycles. The normalized spacial score (nSPS) is 38.9. The lowest BCUT2D eigenvalue weighted by molar-refractivity contribution is -0.0615.